The number of pyridine rings is 1. The Hall–Kier alpha value is -0.280. The van der Waals surface area contributed by atoms with Crippen LogP contribution in [0.5, 0.6) is 5.88 Å². The van der Waals surface area contributed by atoms with E-state index < -0.39 is 0 Å². The van der Waals surface area contributed by atoms with Gasteiger partial charge in [-0.15, -0.1) is 0 Å². The van der Waals surface area contributed by atoms with Gasteiger partial charge in [-0.05, 0) is 28.9 Å². The van der Waals surface area contributed by atoms with Gasteiger partial charge >= 0.3 is 0 Å². The van der Waals surface area contributed by atoms with Gasteiger partial charge in [0.1, 0.15) is 5.15 Å². The second-order valence-corrected chi connectivity index (χ2v) is 3.07. The molecule has 0 saturated heterocycles. The molecule has 0 N–H and O–H groups in total. The van der Waals surface area contributed by atoms with Gasteiger partial charge in [-0.3, -0.25) is 0 Å². The molecule has 0 aromatic carbocycles. The Morgan fingerprint density at radius 1 is 1.64 bits per heavy atom. The van der Waals surface area contributed by atoms with Crippen LogP contribution in [0.4, 0.5) is 0 Å². The number of hydrogen-bond acceptors (Lipinski definition) is 2. The summed E-state index contributed by atoms with van der Waals surface area (Å²) in [6, 6.07) is 3.57. The van der Waals surface area contributed by atoms with E-state index in [0.29, 0.717) is 17.6 Å². The average molecular weight is 236 g/mol. The van der Waals surface area contributed by atoms with E-state index >= 15 is 0 Å². The van der Waals surface area contributed by atoms with Gasteiger partial charge in [0.05, 0.1) is 11.1 Å². The second kappa shape index (κ2) is 3.93. The summed E-state index contributed by atoms with van der Waals surface area (Å²) in [5.74, 6) is 0.556. The summed E-state index contributed by atoms with van der Waals surface area (Å²) in [6.07, 6.45) is 0. The molecule has 1 heterocycles. The van der Waals surface area contributed by atoms with Gasteiger partial charge in [0.2, 0.25) is 5.88 Å². The van der Waals surface area contributed by atoms with Crippen LogP contribution >= 0.6 is 27.5 Å². The first-order valence-corrected chi connectivity index (χ1v) is 4.36. The third-order valence-corrected chi connectivity index (χ3v) is 2.23. The standard InChI is InChI=1S/C7H7BrClNO/c1-2-11-6-4-3-5(8)7(9)10-6/h3-4H,2H2,1H3. The van der Waals surface area contributed by atoms with Crippen LogP contribution < -0.4 is 4.74 Å². The molecule has 60 valence electrons. The number of aromatic nitrogens is 1. The zero-order valence-corrected chi connectivity index (χ0v) is 8.32. The fourth-order valence-electron chi connectivity index (χ4n) is 0.629. The molecule has 0 amide bonds. The van der Waals surface area contributed by atoms with Crippen LogP contribution in [0.1, 0.15) is 6.92 Å². The molecule has 4 heteroatoms. The van der Waals surface area contributed by atoms with Crippen molar-refractivity contribution in [2.45, 2.75) is 6.92 Å². The lowest BCUT2D eigenvalue weighted by molar-refractivity contribution is 0.327. The van der Waals surface area contributed by atoms with Gasteiger partial charge in [-0.2, -0.15) is 0 Å². The van der Waals surface area contributed by atoms with Crippen molar-refractivity contribution >= 4 is 27.5 Å². The lowest BCUT2D eigenvalue weighted by Crippen LogP contribution is -1.93. The summed E-state index contributed by atoms with van der Waals surface area (Å²) in [6.45, 7) is 2.50. The molecule has 0 spiro atoms. The summed E-state index contributed by atoms with van der Waals surface area (Å²) < 4.78 is 5.91. The molecule has 0 unspecified atom stereocenters. The Morgan fingerprint density at radius 3 is 2.91 bits per heavy atom. The molecule has 0 radical (unpaired) electrons. The van der Waals surface area contributed by atoms with Crippen LogP contribution in [0.25, 0.3) is 0 Å². The van der Waals surface area contributed by atoms with Crippen molar-refractivity contribution in [3.63, 3.8) is 0 Å². The van der Waals surface area contributed by atoms with E-state index in [1.54, 1.807) is 12.1 Å². The number of halogens is 2. The molecule has 0 bridgehead atoms. The molecule has 0 aliphatic heterocycles. The number of ether oxygens (including phenoxy) is 1. The molecule has 11 heavy (non-hydrogen) atoms. The Kier molecular flexibility index (Phi) is 3.15. The van der Waals surface area contributed by atoms with Gasteiger partial charge in [0, 0.05) is 6.07 Å². The van der Waals surface area contributed by atoms with Crippen molar-refractivity contribution < 1.29 is 4.74 Å². The van der Waals surface area contributed by atoms with Gasteiger partial charge in [-0.1, -0.05) is 11.6 Å². The van der Waals surface area contributed by atoms with Gasteiger partial charge in [0.25, 0.3) is 0 Å². The quantitative estimate of drug-likeness (QED) is 0.737. The number of hydrogen-bond donors (Lipinski definition) is 0. The first-order chi connectivity index (χ1) is 5.24. The Bertz CT molecular complexity index is 254. The molecule has 1 aromatic rings. The van der Waals surface area contributed by atoms with Crippen LogP contribution in [0.15, 0.2) is 16.6 Å². The molecule has 0 saturated carbocycles. The van der Waals surface area contributed by atoms with Crippen molar-refractivity contribution in [3.8, 4) is 5.88 Å². The van der Waals surface area contributed by atoms with E-state index in [1.807, 2.05) is 6.92 Å². The number of nitrogens with zero attached hydrogens (tertiary/aromatic N) is 1. The van der Waals surface area contributed by atoms with Crippen LogP contribution in [0.2, 0.25) is 5.15 Å². The van der Waals surface area contributed by atoms with Crippen molar-refractivity contribution in [1.82, 2.24) is 4.98 Å². The van der Waals surface area contributed by atoms with E-state index in [4.69, 9.17) is 16.3 Å². The molecule has 1 aromatic heterocycles. The summed E-state index contributed by atoms with van der Waals surface area (Å²) in [7, 11) is 0. The number of rotatable bonds is 2. The van der Waals surface area contributed by atoms with E-state index in [2.05, 4.69) is 20.9 Å². The topological polar surface area (TPSA) is 22.1 Å². The zero-order valence-electron chi connectivity index (χ0n) is 5.97. The van der Waals surface area contributed by atoms with Crippen molar-refractivity contribution in [1.29, 1.82) is 0 Å². The summed E-state index contributed by atoms with van der Waals surface area (Å²) in [5.41, 5.74) is 0. The molecule has 1 rings (SSSR count). The lowest BCUT2D eigenvalue weighted by atomic mass is 10.5. The van der Waals surface area contributed by atoms with E-state index in [1.165, 1.54) is 0 Å². The van der Waals surface area contributed by atoms with Crippen LogP contribution in [0, 0.1) is 0 Å². The monoisotopic (exact) mass is 235 g/mol. The average Bonchev–Trinajstić information content (AvgIpc) is 1.98. The molecule has 2 nitrogen and oxygen atoms in total. The molecular formula is C7H7BrClNO. The minimum absolute atomic E-state index is 0.427. The smallest absolute Gasteiger partial charge is 0.214 e. The molecular weight excluding hydrogens is 229 g/mol. The van der Waals surface area contributed by atoms with Gasteiger partial charge in [0.15, 0.2) is 0 Å². The van der Waals surface area contributed by atoms with Crippen LogP contribution in [-0.2, 0) is 0 Å². The largest absolute Gasteiger partial charge is 0.478 e. The fraction of sp³-hybridized carbons (Fsp3) is 0.286. The summed E-state index contributed by atoms with van der Waals surface area (Å²) >= 11 is 8.94. The third-order valence-electron chi connectivity index (χ3n) is 1.07. The van der Waals surface area contributed by atoms with Crippen molar-refractivity contribution in [2.75, 3.05) is 6.61 Å². The van der Waals surface area contributed by atoms with E-state index in [9.17, 15) is 0 Å². The zero-order chi connectivity index (χ0) is 8.27. The van der Waals surface area contributed by atoms with Crippen molar-refractivity contribution in [3.05, 3.63) is 21.8 Å². The predicted octanol–water partition coefficient (Wildman–Crippen LogP) is 2.90. The molecule has 0 aliphatic rings. The highest BCUT2D eigenvalue weighted by Crippen LogP contribution is 2.22. The minimum Gasteiger partial charge on any atom is -0.478 e. The normalized spacial score (nSPS) is 9.73. The Labute approximate surface area is 78.7 Å². The maximum atomic E-state index is 5.71. The highest BCUT2D eigenvalue weighted by atomic mass is 79.9. The highest BCUT2D eigenvalue weighted by molar-refractivity contribution is 9.10. The van der Waals surface area contributed by atoms with Gasteiger partial charge in [-0.25, -0.2) is 4.98 Å². The second-order valence-electron chi connectivity index (χ2n) is 1.86. The van der Waals surface area contributed by atoms with E-state index in [0.717, 1.165) is 4.47 Å². The van der Waals surface area contributed by atoms with Crippen LogP contribution in [-0.4, -0.2) is 11.6 Å². The fourth-order valence-corrected chi connectivity index (χ4v) is 0.996. The third kappa shape index (κ3) is 2.34. The van der Waals surface area contributed by atoms with E-state index in [-0.39, 0.29) is 0 Å². The Balaban J connectivity index is 2.86. The summed E-state index contributed by atoms with van der Waals surface area (Å²) in [4.78, 5) is 3.96. The Morgan fingerprint density at radius 2 is 2.36 bits per heavy atom. The minimum atomic E-state index is 0.427. The maximum absolute atomic E-state index is 5.71. The lowest BCUT2D eigenvalue weighted by Gasteiger charge is -2.01. The molecule has 0 aliphatic carbocycles. The predicted molar refractivity (Wildman–Crippen MR) is 48.1 cm³/mol. The van der Waals surface area contributed by atoms with Crippen molar-refractivity contribution in [2.24, 2.45) is 0 Å². The highest BCUT2D eigenvalue weighted by Gasteiger charge is 1.99. The first kappa shape index (κ1) is 8.81. The molecule has 0 fully saturated rings. The van der Waals surface area contributed by atoms with Gasteiger partial charge < -0.3 is 4.74 Å². The van der Waals surface area contributed by atoms with Crippen LogP contribution in [0.3, 0.4) is 0 Å². The SMILES string of the molecule is CCOc1ccc(Br)c(Cl)n1. The molecule has 0 atom stereocenters. The first-order valence-electron chi connectivity index (χ1n) is 3.19. The maximum Gasteiger partial charge on any atom is 0.214 e. The summed E-state index contributed by atoms with van der Waals surface area (Å²) in [5, 5.41) is 0.427.